The first-order valence-electron chi connectivity index (χ1n) is 7.17. The second kappa shape index (κ2) is 8.41. The summed E-state index contributed by atoms with van der Waals surface area (Å²) in [6.07, 6.45) is 3.30. The van der Waals surface area contributed by atoms with Crippen molar-refractivity contribution in [3.8, 4) is 5.75 Å². The molecule has 1 aromatic rings. The van der Waals surface area contributed by atoms with E-state index in [0.29, 0.717) is 12.4 Å². The fraction of sp³-hybridized carbons (Fsp3) is 0.643. The molecular weight excluding hydrogens is 272 g/mol. The predicted octanol–water partition coefficient (Wildman–Crippen LogP) is 0.274. The third-order valence-corrected chi connectivity index (χ3v) is 2.78. The van der Waals surface area contributed by atoms with Crippen molar-refractivity contribution in [1.29, 1.82) is 0 Å². The zero-order valence-electron chi connectivity index (χ0n) is 12.8. The Morgan fingerprint density at radius 3 is 2.81 bits per heavy atom. The summed E-state index contributed by atoms with van der Waals surface area (Å²) in [6.45, 7) is 6.00. The molecule has 0 spiro atoms. The number of hydrogen-bond donors (Lipinski definition) is 2. The molecule has 1 amide bonds. The topological polar surface area (TPSA) is 99.2 Å². The summed E-state index contributed by atoms with van der Waals surface area (Å²) in [4.78, 5) is 23.6. The number of aromatic nitrogens is 2. The molecule has 0 saturated carbocycles. The Hall–Kier alpha value is -1.89. The highest BCUT2D eigenvalue weighted by molar-refractivity contribution is 5.75. The van der Waals surface area contributed by atoms with Crippen LogP contribution in [0.3, 0.4) is 0 Å². The van der Waals surface area contributed by atoms with Crippen LogP contribution >= 0.6 is 0 Å². The van der Waals surface area contributed by atoms with Crippen LogP contribution in [0.15, 0.2) is 17.1 Å². The van der Waals surface area contributed by atoms with Gasteiger partial charge >= 0.3 is 0 Å². The van der Waals surface area contributed by atoms with Crippen molar-refractivity contribution in [3.05, 3.63) is 22.6 Å². The summed E-state index contributed by atoms with van der Waals surface area (Å²) < 4.78 is 6.41. The Kier molecular flexibility index (Phi) is 6.87. The number of nitrogens with one attached hydrogen (secondary N) is 1. The molecule has 0 aliphatic rings. The monoisotopic (exact) mass is 296 g/mol. The highest BCUT2D eigenvalue weighted by Crippen LogP contribution is 2.03. The van der Waals surface area contributed by atoms with Gasteiger partial charge in [-0.2, -0.15) is 5.10 Å². The SMILES string of the molecule is CCCC(C)NC(=O)Cn1ncc(OCC(C)N)cc1=O. The Bertz CT molecular complexity index is 513. The number of nitrogens with two attached hydrogens (primary N) is 1. The van der Waals surface area contributed by atoms with E-state index >= 15 is 0 Å². The van der Waals surface area contributed by atoms with E-state index in [1.54, 1.807) is 6.92 Å². The van der Waals surface area contributed by atoms with Gasteiger partial charge in [0.2, 0.25) is 5.91 Å². The molecule has 0 aliphatic heterocycles. The van der Waals surface area contributed by atoms with Gasteiger partial charge in [-0.1, -0.05) is 13.3 Å². The van der Waals surface area contributed by atoms with E-state index < -0.39 is 0 Å². The van der Waals surface area contributed by atoms with E-state index in [2.05, 4.69) is 17.3 Å². The summed E-state index contributed by atoms with van der Waals surface area (Å²) in [6, 6.07) is 1.27. The maximum atomic E-state index is 11.8. The molecule has 118 valence electrons. The first-order valence-corrected chi connectivity index (χ1v) is 7.17. The standard InChI is InChI=1S/C14H24N4O3/c1-4-5-11(3)17-13(19)8-18-14(20)6-12(7-16-18)21-9-10(2)15/h6-7,10-11H,4-5,8-9,15H2,1-3H3,(H,17,19). The van der Waals surface area contributed by atoms with Crippen LogP contribution < -0.4 is 21.3 Å². The normalized spacial score (nSPS) is 13.5. The van der Waals surface area contributed by atoms with Gasteiger partial charge in [0, 0.05) is 18.2 Å². The highest BCUT2D eigenvalue weighted by Gasteiger charge is 2.09. The molecule has 0 saturated heterocycles. The van der Waals surface area contributed by atoms with Gasteiger partial charge in [-0.3, -0.25) is 9.59 Å². The van der Waals surface area contributed by atoms with Crippen molar-refractivity contribution in [3.63, 3.8) is 0 Å². The minimum absolute atomic E-state index is 0.0897. The molecule has 2 atom stereocenters. The second-order valence-corrected chi connectivity index (χ2v) is 5.23. The Morgan fingerprint density at radius 1 is 1.52 bits per heavy atom. The largest absolute Gasteiger partial charge is 0.490 e. The van der Waals surface area contributed by atoms with Crippen LogP contribution in [0.2, 0.25) is 0 Å². The smallest absolute Gasteiger partial charge is 0.270 e. The average Bonchev–Trinajstić information content (AvgIpc) is 2.39. The number of hydrogen-bond acceptors (Lipinski definition) is 5. The molecule has 0 bridgehead atoms. The number of ether oxygens (including phenoxy) is 1. The van der Waals surface area contributed by atoms with Crippen LogP contribution in [0.4, 0.5) is 0 Å². The Morgan fingerprint density at radius 2 is 2.24 bits per heavy atom. The van der Waals surface area contributed by atoms with Crippen molar-refractivity contribution >= 4 is 5.91 Å². The third-order valence-electron chi connectivity index (χ3n) is 2.78. The lowest BCUT2D eigenvalue weighted by atomic mass is 10.2. The number of nitrogens with zero attached hydrogens (tertiary/aromatic N) is 2. The van der Waals surface area contributed by atoms with Crippen molar-refractivity contribution < 1.29 is 9.53 Å². The number of rotatable bonds is 8. The van der Waals surface area contributed by atoms with Gasteiger partial charge in [-0.15, -0.1) is 0 Å². The lowest BCUT2D eigenvalue weighted by molar-refractivity contribution is -0.122. The van der Waals surface area contributed by atoms with Gasteiger partial charge < -0.3 is 15.8 Å². The summed E-state index contributed by atoms with van der Waals surface area (Å²) in [7, 11) is 0. The molecule has 2 unspecified atom stereocenters. The van der Waals surface area contributed by atoms with Gasteiger partial charge in [0.25, 0.3) is 5.56 Å². The molecule has 3 N–H and O–H groups in total. The Balaban J connectivity index is 2.60. The van der Waals surface area contributed by atoms with Crippen LogP contribution in [0.1, 0.15) is 33.6 Å². The fourth-order valence-electron chi connectivity index (χ4n) is 1.80. The molecule has 0 aromatic carbocycles. The fourth-order valence-corrected chi connectivity index (χ4v) is 1.80. The lowest BCUT2D eigenvalue weighted by Crippen LogP contribution is -2.38. The van der Waals surface area contributed by atoms with Gasteiger partial charge in [0.1, 0.15) is 18.9 Å². The predicted molar refractivity (Wildman–Crippen MR) is 80.2 cm³/mol. The van der Waals surface area contributed by atoms with Crippen LogP contribution in [0.25, 0.3) is 0 Å². The highest BCUT2D eigenvalue weighted by atomic mass is 16.5. The first kappa shape index (κ1) is 17.2. The van der Waals surface area contributed by atoms with Gasteiger partial charge in [0.15, 0.2) is 0 Å². The first-order chi connectivity index (χ1) is 9.92. The molecule has 1 heterocycles. The molecule has 7 nitrogen and oxygen atoms in total. The lowest BCUT2D eigenvalue weighted by Gasteiger charge is -2.13. The summed E-state index contributed by atoms with van der Waals surface area (Å²) in [5.41, 5.74) is 5.18. The van der Waals surface area contributed by atoms with Gasteiger partial charge in [-0.05, 0) is 20.3 Å². The van der Waals surface area contributed by atoms with E-state index in [4.69, 9.17) is 10.5 Å². The van der Waals surface area contributed by atoms with Crippen LogP contribution in [-0.4, -0.2) is 34.4 Å². The van der Waals surface area contributed by atoms with Gasteiger partial charge in [0.05, 0.1) is 6.20 Å². The van der Waals surface area contributed by atoms with Crippen LogP contribution in [0, 0.1) is 0 Å². The maximum absolute atomic E-state index is 11.8. The number of amides is 1. The molecule has 0 aliphatic carbocycles. The zero-order chi connectivity index (χ0) is 15.8. The summed E-state index contributed by atoms with van der Waals surface area (Å²) in [5.74, 6) is 0.128. The molecule has 1 rings (SSSR count). The van der Waals surface area contributed by atoms with Crippen molar-refractivity contribution in [2.24, 2.45) is 5.73 Å². The van der Waals surface area contributed by atoms with Crippen LogP contribution in [-0.2, 0) is 11.3 Å². The molecule has 0 radical (unpaired) electrons. The summed E-state index contributed by atoms with van der Waals surface area (Å²) >= 11 is 0. The molecule has 21 heavy (non-hydrogen) atoms. The quantitative estimate of drug-likeness (QED) is 0.717. The average molecular weight is 296 g/mol. The molecule has 7 heteroatoms. The van der Waals surface area contributed by atoms with E-state index in [1.807, 2.05) is 6.92 Å². The number of carbonyl (C=O) groups excluding carboxylic acids is 1. The zero-order valence-corrected chi connectivity index (χ0v) is 12.8. The van der Waals surface area contributed by atoms with Crippen molar-refractivity contribution in [2.45, 2.75) is 52.2 Å². The van der Waals surface area contributed by atoms with Crippen LogP contribution in [0.5, 0.6) is 5.75 Å². The summed E-state index contributed by atoms with van der Waals surface area (Å²) in [5, 5.41) is 6.75. The van der Waals surface area contributed by atoms with Crippen molar-refractivity contribution in [2.75, 3.05) is 6.61 Å². The van der Waals surface area contributed by atoms with E-state index in [1.165, 1.54) is 12.3 Å². The minimum Gasteiger partial charge on any atom is -0.490 e. The second-order valence-electron chi connectivity index (χ2n) is 5.23. The maximum Gasteiger partial charge on any atom is 0.270 e. The Labute approximate surface area is 124 Å². The van der Waals surface area contributed by atoms with E-state index in [9.17, 15) is 9.59 Å². The van der Waals surface area contributed by atoms with E-state index in [-0.39, 0.29) is 30.1 Å². The van der Waals surface area contributed by atoms with Gasteiger partial charge in [-0.25, -0.2) is 4.68 Å². The minimum atomic E-state index is -0.379. The number of carbonyl (C=O) groups is 1. The molecular formula is C14H24N4O3. The molecule has 1 aromatic heterocycles. The van der Waals surface area contributed by atoms with E-state index in [0.717, 1.165) is 17.5 Å². The molecule has 0 fully saturated rings. The van der Waals surface area contributed by atoms with Crippen molar-refractivity contribution in [1.82, 2.24) is 15.1 Å². The third kappa shape index (κ3) is 6.40.